The van der Waals surface area contributed by atoms with Crippen LogP contribution in [0.5, 0.6) is 5.75 Å². The molecule has 0 saturated heterocycles. The van der Waals surface area contributed by atoms with Gasteiger partial charge in [-0.3, -0.25) is 4.79 Å². The SMILES string of the molecule is Cc1ccc(-c2[nH]nc(SCC(=O)N/N=C/c3cc(Br)cc(Br)c3[O-])[n+]2-c2ccccc2)cc1. The summed E-state index contributed by atoms with van der Waals surface area (Å²) in [4.78, 5) is 12.4. The second kappa shape index (κ2) is 11.0. The molecule has 1 heterocycles. The van der Waals surface area contributed by atoms with Crippen molar-refractivity contribution < 1.29 is 14.5 Å². The number of hydrogen-bond donors (Lipinski definition) is 2. The molecule has 2 N–H and O–H groups in total. The minimum atomic E-state index is -0.317. The second-order valence-corrected chi connectivity index (χ2v) is 9.99. The Kier molecular flexibility index (Phi) is 7.81. The van der Waals surface area contributed by atoms with Crippen molar-refractivity contribution in [3.8, 4) is 22.8 Å². The maximum Gasteiger partial charge on any atom is 0.342 e. The lowest BCUT2D eigenvalue weighted by Gasteiger charge is -2.12. The van der Waals surface area contributed by atoms with E-state index < -0.39 is 0 Å². The summed E-state index contributed by atoms with van der Waals surface area (Å²) in [5.41, 5.74) is 5.89. The Balaban J connectivity index is 1.50. The summed E-state index contributed by atoms with van der Waals surface area (Å²) in [7, 11) is 0. The Morgan fingerprint density at radius 2 is 1.91 bits per heavy atom. The van der Waals surface area contributed by atoms with Gasteiger partial charge in [-0.25, -0.2) is 5.43 Å². The van der Waals surface area contributed by atoms with Crippen LogP contribution in [0.25, 0.3) is 17.1 Å². The molecule has 34 heavy (non-hydrogen) atoms. The van der Waals surface area contributed by atoms with E-state index in [0.717, 1.165) is 21.5 Å². The number of carbonyl (C=O) groups excluding carboxylic acids is 1. The van der Waals surface area contributed by atoms with E-state index in [1.807, 2.05) is 66.1 Å². The number of rotatable bonds is 7. The summed E-state index contributed by atoms with van der Waals surface area (Å²) in [5, 5.41) is 24.2. The number of halogens is 2. The molecule has 0 aliphatic heterocycles. The van der Waals surface area contributed by atoms with Gasteiger partial charge in [-0.05, 0) is 60.6 Å². The van der Waals surface area contributed by atoms with Crippen LogP contribution in [0.3, 0.4) is 0 Å². The van der Waals surface area contributed by atoms with E-state index in [4.69, 9.17) is 0 Å². The van der Waals surface area contributed by atoms with Gasteiger partial charge in [-0.15, -0.1) is 5.10 Å². The molecule has 1 amide bonds. The molecular weight excluding hydrogens is 582 g/mol. The highest BCUT2D eigenvalue weighted by atomic mass is 79.9. The van der Waals surface area contributed by atoms with Crippen LogP contribution in [0.4, 0.5) is 0 Å². The second-order valence-electron chi connectivity index (χ2n) is 7.28. The third kappa shape index (κ3) is 5.75. The number of nitrogens with one attached hydrogen (secondary N) is 2. The first-order chi connectivity index (χ1) is 16.4. The van der Waals surface area contributed by atoms with Crippen LogP contribution in [0.15, 0.2) is 85.9 Å². The summed E-state index contributed by atoms with van der Waals surface area (Å²) < 4.78 is 3.13. The Morgan fingerprint density at radius 3 is 2.65 bits per heavy atom. The molecule has 0 fully saturated rings. The van der Waals surface area contributed by atoms with Gasteiger partial charge in [0.05, 0.1) is 22.6 Å². The Hall–Kier alpha value is -2.95. The summed E-state index contributed by atoms with van der Waals surface area (Å²) in [6.07, 6.45) is 1.33. The van der Waals surface area contributed by atoms with E-state index in [1.165, 1.54) is 23.5 Å². The van der Waals surface area contributed by atoms with Gasteiger partial charge < -0.3 is 5.11 Å². The summed E-state index contributed by atoms with van der Waals surface area (Å²) in [6.45, 7) is 2.04. The molecule has 4 aromatic rings. The van der Waals surface area contributed by atoms with Crippen molar-refractivity contribution in [3.63, 3.8) is 0 Å². The normalized spacial score (nSPS) is 11.1. The molecule has 1 aromatic heterocycles. The number of thioether (sulfide) groups is 1. The number of amides is 1. The minimum absolute atomic E-state index is 0.0920. The number of benzene rings is 3. The lowest BCUT2D eigenvalue weighted by molar-refractivity contribution is -0.625. The third-order valence-corrected chi connectivity index (χ3v) is 6.76. The van der Waals surface area contributed by atoms with Crippen molar-refractivity contribution in [2.24, 2.45) is 5.10 Å². The maximum atomic E-state index is 12.4. The largest absolute Gasteiger partial charge is 0.871 e. The highest BCUT2D eigenvalue weighted by Crippen LogP contribution is 2.28. The average Bonchev–Trinajstić information content (AvgIpc) is 3.25. The first kappa shape index (κ1) is 24.2. The molecule has 0 aliphatic carbocycles. The maximum absolute atomic E-state index is 12.4. The monoisotopic (exact) mass is 599 g/mol. The number of carbonyl (C=O) groups is 1. The number of H-pyrrole nitrogens is 1. The molecule has 0 aliphatic rings. The summed E-state index contributed by atoms with van der Waals surface area (Å²) in [6, 6.07) is 21.3. The smallest absolute Gasteiger partial charge is 0.342 e. The van der Waals surface area contributed by atoms with Crippen LogP contribution in [0, 0.1) is 6.92 Å². The number of aryl methyl sites for hydroxylation is 1. The standard InChI is InChI=1S/C24H19Br2N5O2S/c1-15-7-9-16(10-8-15)23-29-30-24(31(23)19-5-3-2-4-6-19)34-14-21(32)28-27-13-17-11-18(25)12-20(26)22(17)33/h2-13H,14H2,1H3,(H2,27,28,32,33). The lowest BCUT2D eigenvalue weighted by atomic mass is 10.1. The van der Waals surface area contributed by atoms with Crippen LogP contribution in [-0.4, -0.2) is 28.1 Å². The number of hydrogen-bond acceptors (Lipinski definition) is 5. The molecule has 7 nitrogen and oxygen atoms in total. The molecule has 0 bridgehead atoms. The quantitative estimate of drug-likeness (QED) is 0.141. The summed E-state index contributed by atoms with van der Waals surface area (Å²) in [5.74, 6) is 0.381. The van der Waals surface area contributed by atoms with E-state index in [9.17, 15) is 9.90 Å². The van der Waals surface area contributed by atoms with E-state index >= 15 is 0 Å². The number of nitrogens with zero attached hydrogens (tertiary/aromatic N) is 3. The van der Waals surface area contributed by atoms with Crippen LogP contribution in [0.1, 0.15) is 11.1 Å². The van der Waals surface area contributed by atoms with Crippen molar-refractivity contribution in [3.05, 3.63) is 86.8 Å². The highest BCUT2D eigenvalue weighted by molar-refractivity contribution is 9.11. The molecular formula is C24H19Br2N5O2S. The molecule has 10 heteroatoms. The van der Waals surface area contributed by atoms with E-state index in [-0.39, 0.29) is 17.4 Å². The molecule has 0 radical (unpaired) electrons. The van der Waals surface area contributed by atoms with Crippen molar-refractivity contribution >= 4 is 55.7 Å². The van der Waals surface area contributed by atoms with Gasteiger partial charge in [0.1, 0.15) is 5.69 Å². The third-order valence-electron chi connectivity index (χ3n) is 4.77. The molecule has 0 spiro atoms. The topological polar surface area (TPSA) is 97.1 Å². The molecule has 172 valence electrons. The van der Waals surface area contributed by atoms with E-state index in [1.54, 1.807) is 12.1 Å². The number of aromatic nitrogens is 3. The number of hydrazone groups is 1. The highest BCUT2D eigenvalue weighted by Gasteiger charge is 2.24. The molecule has 4 rings (SSSR count). The van der Waals surface area contributed by atoms with E-state index in [0.29, 0.717) is 15.2 Å². The van der Waals surface area contributed by atoms with Crippen LogP contribution in [0.2, 0.25) is 0 Å². The van der Waals surface area contributed by atoms with Gasteiger partial charge >= 0.3 is 5.16 Å². The van der Waals surface area contributed by atoms with Gasteiger partial charge in [0.15, 0.2) is 0 Å². The minimum Gasteiger partial charge on any atom is -0.871 e. The van der Waals surface area contributed by atoms with Gasteiger partial charge in [0, 0.05) is 8.95 Å². The molecule has 0 atom stereocenters. The first-order valence-electron chi connectivity index (χ1n) is 10.2. The Bertz CT molecular complexity index is 1340. The van der Waals surface area contributed by atoms with Gasteiger partial charge in [-0.2, -0.15) is 9.67 Å². The Morgan fingerprint density at radius 1 is 1.18 bits per heavy atom. The first-order valence-corrected chi connectivity index (χ1v) is 12.7. The van der Waals surface area contributed by atoms with Crippen LogP contribution < -0.4 is 15.1 Å². The molecule has 0 saturated carbocycles. The molecule has 0 unspecified atom stereocenters. The zero-order valence-electron chi connectivity index (χ0n) is 18.0. The van der Waals surface area contributed by atoms with Crippen molar-refractivity contribution in [2.45, 2.75) is 12.1 Å². The van der Waals surface area contributed by atoms with Crippen molar-refractivity contribution in [1.82, 2.24) is 15.6 Å². The number of para-hydroxylation sites is 1. The fourth-order valence-corrected chi connectivity index (χ4v) is 5.15. The Labute approximate surface area is 217 Å². The van der Waals surface area contributed by atoms with Gasteiger partial charge in [0.25, 0.3) is 11.7 Å². The lowest BCUT2D eigenvalue weighted by Crippen LogP contribution is -2.34. The fraction of sp³-hybridized carbons (Fsp3) is 0.0833. The van der Waals surface area contributed by atoms with Crippen molar-refractivity contribution in [1.29, 1.82) is 0 Å². The summed E-state index contributed by atoms with van der Waals surface area (Å²) >= 11 is 7.82. The number of aromatic amines is 1. The van der Waals surface area contributed by atoms with Gasteiger partial charge in [-0.1, -0.05) is 73.5 Å². The van der Waals surface area contributed by atoms with Crippen LogP contribution >= 0.6 is 43.6 Å². The fourth-order valence-electron chi connectivity index (χ4n) is 3.13. The predicted octanol–water partition coefficient (Wildman–Crippen LogP) is 4.50. The van der Waals surface area contributed by atoms with Crippen LogP contribution in [-0.2, 0) is 4.79 Å². The zero-order chi connectivity index (χ0) is 24.1. The van der Waals surface area contributed by atoms with E-state index in [2.05, 4.69) is 52.6 Å². The average molecular weight is 601 g/mol. The molecule has 3 aromatic carbocycles. The van der Waals surface area contributed by atoms with Crippen molar-refractivity contribution in [2.75, 3.05) is 5.75 Å². The van der Waals surface area contributed by atoms with Gasteiger partial charge in [0.2, 0.25) is 0 Å². The zero-order valence-corrected chi connectivity index (χ0v) is 21.9. The predicted molar refractivity (Wildman–Crippen MR) is 138 cm³/mol.